The smallest absolute Gasteiger partial charge is 0.126 e. The highest BCUT2D eigenvalue weighted by atomic mass is 35.5. The van der Waals surface area contributed by atoms with Crippen molar-refractivity contribution in [3.05, 3.63) is 99.5 Å². The fraction of sp³-hybridized carbons (Fsp3) is 0.111. The molecular weight excluding hydrogens is 471 g/mol. The van der Waals surface area contributed by atoms with Gasteiger partial charge in [0.05, 0.1) is 18.4 Å². The molecule has 0 N–H and O–H groups in total. The molecule has 0 aliphatic rings. The molecule has 0 aliphatic carbocycles. The van der Waals surface area contributed by atoms with Gasteiger partial charge in [0.25, 0.3) is 0 Å². The third kappa shape index (κ3) is 5.02. The fourth-order valence-corrected chi connectivity index (χ4v) is 5.24. The lowest BCUT2D eigenvalue weighted by Gasteiger charge is -2.15. The van der Waals surface area contributed by atoms with E-state index in [9.17, 15) is 5.26 Å². The topological polar surface area (TPSA) is 45.9 Å². The van der Waals surface area contributed by atoms with Gasteiger partial charge >= 0.3 is 0 Å². The molecule has 33 heavy (non-hydrogen) atoms. The summed E-state index contributed by atoms with van der Waals surface area (Å²) in [7, 11) is 1.63. The molecule has 0 saturated heterocycles. The number of ether oxygens (including phenoxy) is 1. The van der Waals surface area contributed by atoms with Gasteiger partial charge in [-0.25, -0.2) is 4.98 Å². The third-order valence-electron chi connectivity index (χ3n) is 5.26. The number of rotatable bonds is 6. The number of nitriles is 1. The molecule has 3 nitrogen and oxygen atoms in total. The lowest BCUT2D eigenvalue weighted by atomic mass is 9.98. The number of nitrogens with zero attached hydrogens (tertiary/aromatic N) is 2. The van der Waals surface area contributed by atoms with Gasteiger partial charge in [-0.3, -0.25) is 0 Å². The van der Waals surface area contributed by atoms with Crippen LogP contribution < -0.4 is 4.74 Å². The Morgan fingerprint density at radius 1 is 0.939 bits per heavy atom. The zero-order valence-corrected chi connectivity index (χ0v) is 20.4. The molecule has 4 rings (SSSR count). The van der Waals surface area contributed by atoms with E-state index >= 15 is 0 Å². The molecule has 1 heterocycles. The van der Waals surface area contributed by atoms with Crippen molar-refractivity contribution in [2.45, 2.75) is 17.7 Å². The maximum Gasteiger partial charge on any atom is 0.126 e. The van der Waals surface area contributed by atoms with Crippen LogP contribution in [-0.4, -0.2) is 12.1 Å². The summed E-state index contributed by atoms with van der Waals surface area (Å²) in [4.78, 5) is 4.87. The highest BCUT2D eigenvalue weighted by Gasteiger charge is 2.19. The van der Waals surface area contributed by atoms with Crippen LogP contribution in [0, 0.1) is 18.3 Å². The van der Waals surface area contributed by atoms with E-state index < -0.39 is 0 Å². The number of pyridine rings is 1. The van der Waals surface area contributed by atoms with E-state index in [4.69, 9.17) is 32.9 Å². The summed E-state index contributed by atoms with van der Waals surface area (Å²) in [5.41, 5.74) is 5.83. The standard InChI is InChI=1S/C27H20Cl2N2OS/c1-17-10-12-18(13-11-17)25-14-20(19-6-3-4-9-26(19)32-2)21(15-30)27(31-25)33-16-22-23(28)7-5-8-24(22)29/h3-14H,16H2,1-2H3. The molecule has 0 fully saturated rings. The molecule has 0 unspecified atom stereocenters. The fourth-order valence-electron chi connectivity index (χ4n) is 3.50. The number of methoxy groups -OCH3 is 1. The quantitative estimate of drug-likeness (QED) is 0.255. The number of thioether (sulfide) groups is 1. The largest absolute Gasteiger partial charge is 0.496 e. The predicted molar refractivity (Wildman–Crippen MR) is 137 cm³/mol. The average molecular weight is 491 g/mol. The van der Waals surface area contributed by atoms with E-state index in [2.05, 4.69) is 6.07 Å². The first-order valence-corrected chi connectivity index (χ1v) is 12.0. The molecule has 0 aliphatic heterocycles. The van der Waals surface area contributed by atoms with Crippen molar-refractivity contribution in [3.8, 4) is 34.2 Å². The molecule has 0 spiro atoms. The summed E-state index contributed by atoms with van der Waals surface area (Å²) in [5, 5.41) is 11.9. The second-order valence-electron chi connectivity index (χ2n) is 7.40. The summed E-state index contributed by atoms with van der Waals surface area (Å²) >= 11 is 14.2. The zero-order valence-electron chi connectivity index (χ0n) is 18.1. The van der Waals surface area contributed by atoms with Crippen LogP contribution in [-0.2, 0) is 5.75 Å². The van der Waals surface area contributed by atoms with Crippen LogP contribution in [0.1, 0.15) is 16.7 Å². The average Bonchev–Trinajstić information content (AvgIpc) is 2.83. The van der Waals surface area contributed by atoms with Crippen LogP contribution in [0.2, 0.25) is 10.0 Å². The predicted octanol–water partition coefficient (Wildman–Crippen LogP) is 8.20. The number of halogens is 2. The minimum absolute atomic E-state index is 0.489. The van der Waals surface area contributed by atoms with Crippen molar-refractivity contribution < 1.29 is 4.74 Å². The van der Waals surface area contributed by atoms with Gasteiger partial charge in [-0.05, 0) is 36.8 Å². The first-order chi connectivity index (χ1) is 16.0. The maximum absolute atomic E-state index is 10.1. The van der Waals surface area contributed by atoms with E-state index in [1.165, 1.54) is 17.3 Å². The summed E-state index contributed by atoms with van der Waals surface area (Å²) < 4.78 is 5.59. The van der Waals surface area contributed by atoms with E-state index in [1.54, 1.807) is 7.11 Å². The third-order valence-corrected chi connectivity index (χ3v) is 6.97. The SMILES string of the molecule is COc1ccccc1-c1cc(-c2ccc(C)cc2)nc(SCc2c(Cl)cccc2Cl)c1C#N. The Hall–Kier alpha value is -2.97. The van der Waals surface area contributed by atoms with Gasteiger partial charge in [0.1, 0.15) is 16.8 Å². The highest BCUT2D eigenvalue weighted by molar-refractivity contribution is 7.98. The molecule has 0 saturated carbocycles. The number of aryl methyl sites for hydroxylation is 1. The van der Waals surface area contributed by atoms with Crippen LogP contribution in [0.15, 0.2) is 77.8 Å². The normalized spacial score (nSPS) is 10.6. The number of para-hydroxylation sites is 1. The van der Waals surface area contributed by atoms with Crippen molar-refractivity contribution >= 4 is 35.0 Å². The summed E-state index contributed by atoms with van der Waals surface area (Å²) in [6.07, 6.45) is 0. The summed E-state index contributed by atoms with van der Waals surface area (Å²) in [5.74, 6) is 1.18. The Kier molecular flexibility index (Phi) is 7.25. The van der Waals surface area contributed by atoms with E-state index in [1.807, 2.05) is 79.7 Å². The minimum Gasteiger partial charge on any atom is -0.496 e. The van der Waals surface area contributed by atoms with Crippen molar-refractivity contribution in [1.29, 1.82) is 5.26 Å². The van der Waals surface area contributed by atoms with Crippen LogP contribution in [0.3, 0.4) is 0 Å². The molecular formula is C27H20Cl2N2OS. The van der Waals surface area contributed by atoms with Crippen LogP contribution >= 0.6 is 35.0 Å². The van der Waals surface area contributed by atoms with E-state index in [0.717, 1.165) is 27.9 Å². The van der Waals surface area contributed by atoms with Crippen LogP contribution in [0.4, 0.5) is 0 Å². The van der Waals surface area contributed by atoms with Gasteiger partial charge in [-0.2, -0.15) is 5.26 Å². The molecule has 0 radical (unpaired) electrons. The Labute approximate surface area is 208 Å². The van der Waals surface area contributed by atoms with Gasteiger partial charge in [-0.1, -0.05) is 77.3 Å². The summed E-state index contributed by atoms with van der Waals surface area (Å²) in [6.45, 7) is 2.05. The van der Waals surface area contributed by atoms with Crippen molar-refractivity contribution in [3.63, 3.8) is 0 Å². The Bertz CT molecular complexity index is 1330. The monoisotopic (exact) mass is 490 g/mol. The first-order valence-electron chi connectivity index (χ1n) is 10.2. The second-order valence-corrected chi connectivity index (χ2v) is 9.18. The number of aromatic nitrogens is 1. The second kappa shape index (κ2) is 10.3. The van der Waals surface area contributed by atoms with Gasteiger partial charge in [0.15, 0.2) is 0 Å². The van der Waals surface area contributed by atoms with Crippen molar-refractivity contribution in [2.75, 3.05) is 7.11 Å². The Morgan fingerprint density at radius 2 is 1.64 bits per heavy atom. The van der Waals surface area contributed by atoms with Gasteiger partial charge in [-0.15, -0.1) is 11.8 Å². The molecule has 0 bridgehead atoms. The highest BCUT2D eigenvalue weighted by Crippen LogP contribution is 2.40. The van der Waals surface area contributed by atoms with Gasteiger partial charge in [0.2, 0.25) is 0 Å². The molecule has 3 aromatic carbocycles. The molecule has 1 aromatic heterocycles. The maximum atomic E-state index is 10.1. The molecule has 164 valence electrons. The van der Waals surface area contributed by atoms with Gasteiger partial charge < -0.3 is 4.74 Å². The van der Waals surface area contributed by atoms with E-state index in [0.29, 0.717) is 32.1 Å². The molecule has 4 aromatic rings. The Balaban J connectivity index is 1.88. The molecule has 6 heteroatoms. The van der Waals surface area contributed by atoms with Crippen LogP contribution in [0.5, 0.6) is 5.75 Å². The lowest BCUT2D eigenvalue weighted by Crippen LogP contribution is -1.98. The van der Waals surface area contributed by atoms with E-state index in [-0.39, 0.29) is 0 Å². The number of benzene rings is 3. The Morgan fingerprint density at radius 3 is 2.30 bits per heavy atom. The number of hydrogen-bond acceptors (Lipinski definition) is 4. The number of hydrogen-bond donors (Lipinski definition) is 0. The van der Waals surface area contributed by atoms with Gasteiger partial charge in [0, 0.05) is 32.5 Å². The zero-order chi connectivity index (χ0) is 23.4. The van der Waals surface area contributed by atoms with Crippen LogP contribution in [0.25, 0.3) is 22.4 Å². The molecule has 0 atom stereocenters. The lowest BCUT2D eigenvalue weighted by molar-refractivity contribution is 0.416. The van der Waals surface area contributed by atoms with Crippen molar-refractivity contribution in [1.82, 2.24) is 4.98 Å². The first kappa shape index (κ1) is 23.2. The molecule has 0 amide bonds. The minimum atomic E-state index is 0.489. The van der Waals surface area contributed by atoms with Crippen molar-refractivity contribution in [2.24, 2.45) is 0 Å². The summed E-state index contributed by atoms with van der Waals surface area (Å²) in [6, 6.07) is 25.6.